The lowest BCUT2D eigenvalue weighted by Gasteiger charge is -2.37. The van der Waals surface area contributed by atoms with Gasteiger partial charge in [-0.25, -0.2) is 0 Å². The number of methoxy groups -OCH3 is 1. The van der Waals surface area contributed by atoms with Gasteiger partial charge in [0.1, 0.15) is 5.75 Å². The maximum Gasteiger partial charge on any atom is 0.257 e. The Morgan fingerprint density at radius 3 is 2.13 bits per heavy atom. The van der Waals surface area contributed by atoms with E-state index in [1.807, 2.05) is 43.0 Å². The van der Waals surface area contributed by atoms with Crippen LogP contribution in [0.15, 0.2) is 48.5 Å². The van der Waals surface area contributed by atoms with E-state index in [0.29, 0.717) is 11.3 Å². The van der Waals surface area contributed by atoms with Gasteiger partial charge in [-0.2, -0.15) is 0 Å². The maximum atomic E-state index is 12.3. The molecule has 2 aromatic carbocycles. The summed E-state index contributed by atoms with van der Waals surface area (Å²) < 4.78 is 5.10. The normalized spacial score (nSPS) is 13.7. The summed E-state index contributed by atoms with van der Waals surface area (Å²) in [7, 11) is 1.58. The van der Waals surface area contributed by atoms with Crippen LogP contribution in [0.1, 0.15) is 24.2 Å². The lowest BCUT2D eigenvalue weighted by molar-refractivity contribution is -0.134. The first kappa shape index (κ1) is 22.6. The Kier molecular flexibility index (Phi) is 7.46. The fourth-order valence-electron chi connectivity index (χ4n) is 3.39. The SMILES string of the molecule is COc1ccc(C(=O)NC(=S)Nc2ccc(N3CCN(C(=O)C(C)C)CC3)cc2)cc1. The average Bonchev–Trinajstić information content (AvgIpc) is 2.79. The van der Waals surface area contributed by atoms with Crippen molar-refractivity contribution in [3.8, 4) is 5.75 Å². The summed E-state index contributed by atoms with van der Waals surface area (Å²) in [6.07, 6.45) is 0. The summed E-state index contributed by atoms with van der Waals surface area (Å²) in [5.74, 6) is 0.645. The van der Waals surface area contributed by atoms with Crippen LogP contribution in [0.2, 0.25) is 0 Å². The van der Waals surface area contributed by atoms with Crippen LogP contribution in [0.5, 0.6) is 5.75 Å². The first-order valence-corrected chi connectivity index (χ1v) is 10.7. The molecule has 1 saturated heterocycles. The number of rotatable bonds is 5. The van der Waals surface area contributed by atoms with Crippen molar-refractivity contribution in [3.05, 3.63) is 54.1 Å². The van der Waals surface area contributed by atoms with Crippen molar-refractivity contribution >= 4 is 40.5 Å². The molecule has 0 spiro atoms. The molecule has 0 bridgehead atoms. The molecule has 164 valence electrons. The molecule has 1 fully saturated rings. The minimum atomic E-state index is -0.286. The van der Waals surface area contributed by atoms with Crippen LogP contribution in [0.4, 0.5) is 11.4 Å². The van der Waals surface area contributed by atoms with Gasteiger partial charge >= 0.3 is 0 Å². The molecule has 2 amide bonds. The van der Waals surface area contributed by atoms with Gasteiger partial charge < -0.3 is 19.9 Å². The highest BCUT2D eigenvalue weighted by Crippen LogP contribution is 2.20. The predicted molar refractivity (Wildman–Crippen MR) is 127 cm³/mol. The Balaban J connectivity index is 1.50. The number of thiocarbonyl (C=S) groups is 1. The Morgan fingerprint density at radius 2 is 1.58 bits per heavy atom. The van der Waals surface area contributed by atoms with Gasteiger partial charge in [0, 0.05) is 49.0 Å². The monoisotopic (exact) mass is 440 g/mol. The van der Waals surface area contributed by atoms with E-state index in [1.165, 1.54) is 0 Å². The van der Waals surface area contributed by atoms with E-state index in [2.05, 4.69) is 15.5 Å². The van der Waals surface area contributed by atoms with Gasteiger partial charge in [0.05, 0.1) is 7.11 Å². The molecule has 1 aliphatic heterocycles. The highest BCUT2D eigenvalue weighted by molar-refractivity contribution is 7.80. The third-order valence-corrected chi connectivity index (χ3v) is 5.36. The molecule has 0 unspecified atom stereocenters. The highest BCUT2D eigenvalue weighted by atomic mass is 32.1. The topological polar surface area (TPSA) is 73.9 Å². The van der Waals surface area contributed by atoms with E-state index < -0.39 is 0 Å². The Bertz CT molecular complexity index is 921. The number of carbonyl (C=O) groups is 2. The van der Waals surface area contributed by atoms with Crippen LogP contribution in [0, 0.1) is 5.92 Å². The number of nitrogens with one attached hydrogen (secondary N) is 2. The molecular weight excluding hydrogens is 412 g/mol. The highest BCUT2D eigenvalue weighted by Gasteiger charge is 2.22. The molecule has 2 aromatic rings. The summed E-state index contributed by atoms with van der Waals surface area (Å²) >= 11 is 5.26. The lowest BCUT2D eigenvalue weighted by atomic mass is 10.1. The smallest absolute Gasteiger partial charge is 0.257 e. The number of carbonyl (C=O) groups excluding carboxylic acids is 2. The number of nitrogens with zero attached hydrogens (tertiary/aromatic N) is 2. The van der Waals surface area contributed by atoms with E-state index >= 15 is 0 Å². The van der Waals surface area contributed by atoms with Crippen molar-refractivity contribution in [2.45, 2.75) is 13.8 Å². The van der Waals surface area contributed by atoms with Gasteiger partial charge in [-0.05, 0) is 60.7 Å². The zero-order valence-corrected chi connectivity index (χ0v) is 18.9. The van der Waals surface area contributed by atoms with Gasteiger partial charge in [-0.15, -0.1) is 0 Å². The van der Waals surface area contributed by atoms with E-state index in [9.17, 15) is 9.59 Å². The molecule has 0 saturated carbocycles. The molecule has 7 nitrogen and oxygen atoms in total. The second kappa shape index (κ2) is 10.3. The number of piperazine rings is 1. The van der Waals surface area contributed by atoms with Crippen LogP contribution in [0.3, 0.4) is 0 Å². The third kappa shape index (κ3) is 5.95. The molecule has 1 heterocycles. The van der Waals surface area contributed by atoms with Crippen molar-refractivity contribution < 1.29 is 14.3 Å². The van der Waals surface area contributed by atoms with E-state index in [0.717, 1.165) is 37.6 Å². The van der Waals surface area contributed by atoms with Crippen molar-refractivity contribution in [2.75, 3.05) is 43.5 Å². The molecule has 0 radical (unpaired) electrons. The average molecular weight is 441 g/mol. The number of ether oxygens (including phenoxy) is 1. The second-order valence-corrected chi connectivity index (χ2v) is 8.06. The van der Waals surface area contributed by atoms with Gasteiger partial charge in [-0.1, -0.05) is 13.8 Å². The van der Waals surface area contributed by atoms with Crippen molar-refractivity contribution in [2.24, 2.45) is 5.92 Å². The van der Waals surface area contributed by atoms with Crippen molar-refractivity contribution in [1.82, 2.24) is 10.2 Å². The van der Waals surface area contributed by atoms with Crippen molar-refractivity contribution in [1.29, 1.82) is 0 Å². The number of amides is 2. The molecule has 0 aliphatic carbocycles. The van der Waals surface area contributed by atoms with Gasteiger partial charge in [0.15, 0.2) is 5.11 Å². The summed E-state index contributed by atoms with van der Waals surface area (Å²) in [6.45, 7) is 6.95. The summed E-state index contributed by atoms with van der Waals surface area (Å²) in [4.78, 5) is 28.6. The molecule has 0 atom stereocenters. The van der Waals surface area contributed by atoms with Gasteiger partial charge in [-0.3, -0.25) is 14.9 Å². The van der Waals surface area contributed by atoms with E-state index in [4.69, 9.17) is 17.0 Å². The first-order valence-electron chi connectivity index (χ1n) is 10.3. The van der Waals surface area contributed by atoms with Crippen LogP contribution < -0.4 is 20.3 Å². The van der Waals surface area contributed by atoms with E-state index in [-0.39, 0.29) is 22.8 Å². The predicted octanol–water partition coefficient (Wildman–Crippen LogP) is 3.13. The zero-order chi connectivity index (χ0) is 22.4. The second-order valence-electron chi connectivity index (χ2n) is 7.65. The van der Waals surface area contributed by atoms with Crippen LogP contribution in [0.25, 0.3) is 0 Å². The van der Waals surface area contributed by atoms with Crippen LogP contribution >= 0.6 is 12.2 Å². The van der Waals surface area contributed by atoms with Gasteiger partial charge in [0.2, 0.25) is 5.91 Å². The number of hydrogen-bond acceptors (Lipinski definition) is 5. The van der Waals surface area contributed by atoms with Crippen LogP contribution in [-0.4, -0.2) is 55.1 Å². The quantitative estimate of drug-likeness (QED) is 0.696. The zero-order valence-electron chi connectivity index (χ0n) is 18.1. The first-order chi connectivity index (χ1) is 14.9. The van der Waals surface area contributed by atoms with Crippen molar-refractivity contribution in [3.63, 3.8) is 0 Å². The van der Waals surface area contributed by atoms with Crippen LogP contribution in [-0.2, 0) is 4.79 Å². The molecule has 3 rings (SSSR count). The van der Waals surface area contributed by atoms with Gasteiger partial charge in [0.25, 0.3) is 5.91 Å². The summed E-state index contributed by atoms with van der Waals surface area (Å²) in [5.41, 5.74) is 2.38. The lowest BCUT2D eigenvalue weighted by Crippen LogP contribution is -2.49. The standard InChI is InChI=1S/C23H28N4O3S/c1-16(2)22(29)27-14-12-26(13-15-27)19-8-6-18(7-9-19)24-23(31)25-21(28)17-4-10-20(30-3)11-5-17/h4-11,16H,12-15H2,1-3H3,(H2,24,25,28,31). The fourth-order valence-corrected chi connectivity index (χ4v) is 3.60. The molecule has 2 N–H and O–H groups in total. The molecule has 1 aliphatic rings. The Labute approximate surface area is 188 Å². The molecule has 8 heteroatoms. The Morgan fingerprint density at radius 1 is 0.968 bits per heavy atom. The number of hydrogen-bond donors (Lipinski definition) is 2. The maximum absolute atomic E-state index is 12.3. The third-order valence-electron chi connectivity index (χ3n) is 5.15. The number of benzene rings is 2. The molecular formula is C23H28N4O3S. The largest absolute Gasteiger partial charge is 0.497 e. The summed E-state index contributed by atoms with van der Waals surface area (Å²) in [6, 6.07) is 14.7. The minimum Gasteiger partial charge on any atom is -0.497 e. The molecule has 31 heavy (non-hydrogen) atoms. The minimum absolute atomic E-state index is 0.0333. The summed E-state index contributed by atoms with van der Waals surface area (Å²) in [5, 5.41) is 5.94. The van der Waals surface area contributed by atoms with E-state index in [1.54, 1.807) is 31.4 Å². The Hall–Kier alpha value is -3.13. The fraction of sp³-hybridized carbons (Fsp3) is 0.348. The molecule has 0 aromatic heterocycles. The number of anilines is 2.